The zero-order valence-corrected chi connectivity index (χ0v) is 12.7. The van der Waals surface area contributed by atoms with Gasteiger partial charge in [-0.3, -0.25) is 0 Å². The van der Waals surface area contributed by atoms with E-state index < -0.39 is 0 Å². The summed E-state index contributed by atoms with van der Waals surface area (Å²) in [5, 5.41) is 3.69. The fourth-order valence-corrected chi connectivity index (χ4v) is 2.20. The predicted molar refractivity (Wildman–Crippen MR) is 82.3 cm³/mol. The summed E-state index contributed by atoms with van der Waals surface area (Å²) in [6.07, 6.45) is 3.72. The van der Waals surface area contributed by atoms with Crippen LogP contribution in [-0.4, -0.2) is 6.04 Å². The summed E-state index contributed by atoms with van der Waals surface area (Å²) in [5.41, 5.74) is 2.69. The lowest BCUT2D eigenvalue weighted by molar-refractivity contribution is 0.462. The molecular formula is C17H29N. The number of hydrogen-bond donors (Lipinski definition) is 1. The van der Waals surface area contributed by atoms with Gasteiger partial charge in [0.05, 0.1) is 0 Å². The number of hydrogen-bond acceptors (Lipinski definition) is 1. The van der Waals surface area contributed by atoms with Gasteiger partial charge in [0.25, 0.3) is 0 Å². The molecule has 1 N–H and O–H groups in total. The molecule has 18 heavy (non-hydrogen) atoms. The number of nitrogens with one attached hydrogen (secondary N) is 1. The fraction of sp³-hybridized carbons (Fsp3) is 0.647. The smallest absolute Gasteiger partial charge is 0.0345 e. The van der Waals surface area contributed by atoms with Crippen LogP contribution in [0.2, 0.25) is 0 Å². The van der Waals surface area contributed by atoms with Crippen LogP contribution in [-0.2, 0) is 0 Å². The topological polar surface area (TPSA) is 12.0 Å². The molecule has 0 aliphatic rings. The Bertz CT molecular complexity index is 343. The first kappa shape index (κ1) is 15.1. The molecule has 0 saturated heterocycles. The second kappa shape index (κ2) is 7.45. The maximum absolute atomic E-state index is 3.69. The minimum Gasteiger partial charge on any atom is -0.382 e. The quantitative estimate of drug-likeness (QED) is 0.676. The van der Waals surface area contributed by atoms with Crippen LogP contribution in [0.4, 0.5) is 5.69 Å². The zero-order chi connectivity index (χ0) is 13.5. The van der Waals surface area contributed by atoms with E-state index in [1.54, 1.807) is 0 Å². The molecule has 0 aromatic heterocycles. The van der Waals surface area contributed by atoms with E-state index in [0.717, 1.165) is 5.92 Å². The van der Waals surface area contributed by atoms with Gasteiger partial charge in [0.2, 0.25) is 0 Å². The summed E-state index contributed by atoms with van der Waals surface area (Å²) in [6.45, 7) is 11.4. The molecule has 2 unspecified atom stereocenters. The van der Waals surface area contributed by atoms with Crippen molar-refractivity contribution in [2.45, 2.75) is 65.8 Å². The standard InChI is InChI=1S/C17H29N/c1-6-14(5)11-16(7-2)18-17-10-8-9-15(12-17)13(3)4/h8-10,12-14,16,18H,6-7,11H2,1-5H3. The molecule has 1 nitrogen and oxygen atoms in total. The number of benzene rings is 1. The molecule has 0 fully saturated rings. The first-order valence-corrected chi connectivity index (χ1v) is 7.43. The van der Waals surface area contributed by atoms with E-state index in [2.05, 4.69) is 64.2 Å². The molecule has 0 aliphatic carbocycles. The third-order valence-corrected chi connectivity index (χ3v) is 3.80. The highest BCUT2D eigenvalue weighted by atomic mass is 14.9. The average Bonchev–Trinajstić information content (AvgIpc) is 2.38. The molecule has 102 valence electrons. The second-order valence-electron chi connectivity index (χ2n) is 5.78. The maximum atomic E-state index is 3.69. The summed E-state index contributed by atoms with van der Waals surface area (Å²) < 4.78 is 0. The lowest BCUT2D eigenvalue weighted by Gasteiger charge is -2.22. The predicted octanol–water partition coefficient (Wildman–Crippen LogP) is 5.44. The Hall–Kier alpha value is -0.980. The third-order valence-electron chi connectivity index (χ3n) is 3.80. The fourth-order valence-electron chi connectivity index (χ4n) is 2.20. The largest absolute Gasteiger partial charge is 0.382 e. The van der Waals surface area contributed by atoms with Crippen LogP contribution in [0, 0.1) is 5.92 Å². The second-order valence-corrected chi connectivity index (χ2v) is 5.78. The van der Waals surface area contributed by atoms with Gasteiger partial charge < -0.3 is 5.32 Å². The van der Waals surface area contributed by atoms with E-state index in [9.17, 15) is 0 Å². The Labute approximate surface area is 113 Å². The molecule has 1 rings (SSSR count). The van der Waals surface area contributed by atoms with Gasteiger partial charge >= 0.3 is 0 Å². The normalized spacial score (nSPS) is 14.6. The highest BCUT2D eigenvalue weighted by Gasteiger charge is 2.10. The van der Waals surface area contributed by atoms with Gasteiger partial charge in [-0.1, -0.05) is 53.2 Å². The summed E-state index contributed by atoms with van der Waals surface area (Å²) in [7, 11) is 0. The zero-order valence-electron chi connectivity index (χ0n) is 12.7. The average molecular weight is 247 g/mol. The van der Waals surface area contributed by atoms with Gasteiger partial charge in [-0.25, -0.2) is 0 Å². The maximum Gasteiger partial charge on any atom is 0.0345 e. The van der Waals surface area contributed by atoms with Crippen molar-refractivity contribution >= 4 is 5.69 Å². The van der Waals surface area contributed by atoms with Gasteiger partial charge in [-0.15, -0.1) is 0 Å². The molecule has 1 aromatic rings. The van der Waals surface area contributed by atoms with E-state index in [1.165, 1.54) is 30.5 Å². The molecule has 0 bridgehead atoms. The van der Waals surface area contributed by atoms with Crippen molar-refractivity contribution in [1.29, 1.82) is 0 Å². The van der Waals surface area contributed by atoms with E-state index in [-0.39, 0.29) is 0 Å². The number of rotatable bonds is 7. The molecule has 0 radical (unpaired) electrons. The molecule has 0 amide bonds. The van der Waals surface area contributed by atoms with Crippen molar-refractivity contribution < 1.29 is 0 Å². The monoisotopic (exact) mass is 247 g/mol. The van der Waals surface area contributed by atoms with E-state index in [0.29, 0.717) is 12.0 Å². The summed E-state index contributed by atoms with van der Waals surface area (Å²) in [6, 6.07) is 9.45. The van der Waals surface area contributed by atoms with Crippen molar-refractivity contribution in [3.63, 3.8) is 0 Å². The van der Waals surface area contributed by atoms with Crippen molar-refractivity contribution in [1.82, 2.24) is 0 Å². The Morgan fingerprint density at radius 1 is 1.06 bits per heavy atom. The van der Waals surface area contributed by atoms with Crippen LogP contribution < -0.4 is 5.32 Å². The van der Waals surface area contributed by atoms with Crippen LogP contribution in [0.1, 0.15) is 65.4 Å². The van der Waals surface area contributed by atoms with Crippen LogP contribution >= 0.6 is 0 Å². The number of anilines is 1. The Morgan fingerprint density at radius 2 is 1.78 bits per heavy atom. The molecule has 0 aliphatic heterocycles. The highest BCUT2D eigenvalue weighted by molar-refractivity contribution is 5.47. The first-order chi connectivity index (χ1) is 8.56. The summed E-state index contributed by atoms with van der Waals surface area (Å²) >= 11 is 0. The van der Waals surface area contributed by atoms with Crippen molar-refractivity contribution in [2.75, 3.05) is 5.32 Å². The molecular weight excluding hydrogens is 218 g/mol. The Morgan fingerprint density at radius 3 is 2.33 bits per heavy atom. The minimum atomic E-state index is 0.599. The Balaban J connectivity index is 2.66. The van der Waals surface area contributed by atoms with Crippen molar-refractivity contribution in [2.24, 2.45) is 5.92 Å². The third kappa shape index (κ3) is 4.72. The first-order valence-electron chi connectivity index (χ1n) is 7.43. The molecule has 0 heterocycles. The van der Waals surface area contributed by atoms with E-state index in [4.69, 9.17) is 0 Å². The lowest BCUT2D eigenvalue weighted by atomic mass is 9.97. The van der Waals surface area contributed by atoms with Crippen LogP contribution in [0.15, 0.2) is 24.3 Å². The highest BCUT2D eigenvalue weighted by Crippen LogP contribution is 2.21. The van der Waals surface area contributed by atoms with Crippen molar-refractivity contribution in [3.8, 4) is 0 Å². The molecule has 1 heteroatoms. The molecule has 1 aromatic carbocycles. The SMILES string of the molecule is CCC(C)CC(CC)Nc1cccc(C(C)C)c1. The van der Waals surface area contributed by atoms with Gasteiger partial charge in [0.1, 0.15) is 0 Å². The summed E-state index contributed by atoms with van der Waals surface area (Å²) in [4.78, 5) is 0. The minimum absolute atomic E-state index is 0.599. The summed E-state index contributed by atoms with van der Waals surface area (Å²) in [5.74, 6) is 1.40. The van der Waals surface area contributed by atoms with Crippen LogP contribution in [0.5, 0.6) is 0 Å². The van der Waals surface area contributed by atoms with Gasteiger partial charge in [-0.05, 0) is 42.4 Å². The van der Waals surface area contributed by atoms with E-state index in [1.807, 2.05) is 0 Å². The van der Waals surface area contributed by atoms with Gasteiger partial charge in [0, 0.05) is 11.7 Å². The van der Waals surface area contributed by atoms with Crippen LogP contribution in [0.3, 0.4) is 0 Å². The van der Waals surface area contributed by atoms with E-state index >= 15 is 0 Å². The lowest BCUT2D eigenvalue weighted by Crippen LogP contribution is -2.21. The van der Waals surface area contributed by atoms with Gasteiger partial charge in [0.15, 0.2) is 0 Å². The van der Waals surface area contributed by atoms with Crippen LogP contribution in [0.25, 0.3) is 0 Å². The van der Waals surface area contributed by atoms with Gasteiger partial charge in [-0.2, -0.15) is 0 Å². The molecule has 2 atom stereocenters. The van der Waals surface area contributed by atoms with Crippen molar-refractivity contribution in [3.05, 3.63) is 29.8 Å². The molecule has 0 saturated carbocycles. The Kier molecular flexibility index (Phi) is 6.24. The molecule has 0 spiro atoms.